The van der Waals surface area contributed by atoms with Crippen LogP contribution in [-0.4, -0.2) is 23.9 Å². The van der Waals surface area contributed by atoms with Crippen molar-refractivity contribution in [3.05, 3.63) is 35.9 Å². The first-order valence-electron chi connectivity index (χ1n) is 7.01. The van der Waals surface area contributed by atoms with Crippen LogP contribution in [0.5, 0.6) is 0 Å². The smallest absolute Gasteiger partial charge is 0.338 e. The van der Waals surface area contributed by atoms with Crippen molar-refractivity contribution >= 4 is 7.60 Å². The van der Waals surface area contributed by atoms with Crippen LogP contribution >= 0.6 is 7.60 Å². The van der Waals surface area contributed by atoms with Crippen LogP contribution < -0.4 is 0 Å². The molecule has 0 fully saturated rings. The largest absolute Gasteiger partial charge is 0.396 e. The van der Waals surface area contributed by atoms with Crippen molar-refractivity contribution in [1.82, 2.24) is 0 Å². The van der Waals surface area contributed by atoms with Gasteiger partial charge in [-0.05, 0) is 39.7 Å². The Morgan fingerprint density at radius 1 is 1.05 bits per heavy atom. The van der Waals surface area contributed by atoms with Crippen molar-refractivity contribution in [3.8, 4) is 0 Å². The van der Waals surface area contributed by atoms with Crippen LogP contribution in [0.2, 0.25) is 0 Å². The lowest BCUT2D eigenvalue weighted by Gasteiger charge is -2.29. The molecule has 0 amide bonds. The first-order chi connectivity index (χ1) is 9.39. The fourth-order valence-electron chi connectivity index (χ4n) is 2.06. The zero-order valence-electron chi connectivity index (χ0n) is 12.7. The van der Waals surface area contributed by atoms with Gasteiger partial charge in [0.25, 0.3) is 0 Å². The Morgan fingerprint density at radius 2 is 1.55 bits per heavy atom. The lowest BCUT2D eigenvalue weighted by molar-refractivity contribution is 0.133. The van der Waals surface area contributed by atoms with Crippen molar-refractivity contribution in [1.29, 1.82) is 0 Å². The fraction of sp³-hybridized carbons (Fsp3) is 0.600. The second-order valence-corrected chi connectivity index (χ2v) is 7.41. The van der Waals surface area contributed by atoms with E-state index in [0.717, 1.165) is 5.56 Å². The van der Waals surface area contributed by atoms with Gasteiger partial charge in [-0.25, -0.2) is 0 Å². The molecule has 5 heteroatoms. The first-order valence-corrected chi connectivity index (χ1v) is 8.62. The summed E-state index contributed by atoms with van der Waals surface area (Å²) in [7, 11) is -3.34. The second kappa shape index (κ2) is 7.94. The molecule has 0 aliphatic carbocycles. The van der Waals surface area contributed by atoms with E-state index in [4.69, 9.17) is 9.05 Å². The van der Waals surface area contributed by atoms with E-state index in [1.807, 2.05) is 58.0 Å². The molecule has 0 aliphatic rings. The molecule has 1 rings (SSSR count). The van der Waals surface area contributed by atoms with E-state index in [-0.39, 0.29) is 18.8 Å². The van der Waals surface area contributed by atoms with Crippen LogP contribution in [0.4, 0.5) is 0 Å². The molecule has 4 nitrogen and oxygen atoms in total. The van der Waals surface area contributed by atoms with Crippen molar-refractivity contribution < 1.29 is 18.7 Å². The Labute approximate surface area is 121 Å². The van der Waals surface area contributed by atoms with E-state index in [0.29, 0.717) is 6.42 Å². The lowest BCUT2D eigenvalue weighted by Crippen LogP contribution is -2.14. The highest BCUT2D eigenvalue weighted by atomic mass is 31.2. The third-order valence-electron chi connectivity index (χ3n) is 2.68. The highest BCUT2D eigenvalue weighted by Crippen LogP contribution is 2.63. The Morgan fingerprint density at radius 3 is 1.95 bits per heavy atom. The van der Waals surface area contributed by atoms with Crippen molar-refractivity contribution in [2.24, 2.45) is 0 Å². The molecule has 1 atom stereocenters. The van der Waals surface area contributed by atoms with E-state index in [9.17, 15) is 9.67 Å². The molecule has 0 heterocycles. The molecule has 0 aliphatic heterocycles. The summed E-state index contributed by atoms with van der Waals surface area (Å²) in [4.78, 5) is 0. The summed E-state index contributed by atoms with van der Waals surface area (Å²) in [5.74, 6) is 0. The van der Waals surface area contributed by atoms with E-state index >= 15 is 0 Å². The molecule has 0 saturated carbocycles. The normalized spacial score (nSPS) is 13.9. The van der Waals surface area contributed by atoms with Crippen LogP contribution in [0.3, 0.4) is 0 Å². The van der Waals surface area contributed by atoms with E-state index in [1.165, 1.54) is 0 Å². The van der Waals surface area contributed by atoms with Crippen molar-refractivity contribution in [2.45, 2.75) is 52.0 Å². The Balaban J connectivity index is 3.14. The maximum Gasteiger partial charge on any atom is 0.338 e. The SMILES string of the molecule is CC(C)OP(=O)(OC(C)C)[C@@H](CCO)c1ccccc1. The second-order valence-electron chi connectivity index (χ2n) is 5.29. The maximum absolute atomic E-state index is 13.2. The van der Waals surface area contributed by atoms with E-state index < -0.39 is 13.3 Å². The highest BCUT2D eigenvalue weighted by Gasteiger charge is 2.38. The standard InChI is InChI=1S/C15H25O4P/c1-12(2)18-20(17,19-13(3)4)15(10-11-16)14-8-6-5-7-9-14/h5-9,12-13,15-16H,10-11H2,1-4H3/t15-/m0/s1. The number of aliphatic hydroxyl groups is 1. The van der Waals surface area contributed by atoms with Gasteiger partial charge in [0, 0.05) is 6.61 Å². The van der Waals surface area contributed by atoms with Crippen LogP contribution in [-0.2, 0) is 13.6 Å². The van der Waals surface area contributed by atoms with Crippen LogP contribution in [0.15, 0.2) is 30.3 Å². The summed E-state index contributed by atoms with van der Waals surface area (Å²) < 4.78 is 24.4. The number of hydrogen-bond acceptors (Lipinski definition) is 4. The maximum atomic E-state index is 13.2. The van der Waals surface area contributed by atoms with Crippen molar-refractivity contribution in [3.63, 3.8) is 0 Å². The number of rotatable bonds is 8. The average molecular weight is 300 g/mol. The summed E-state index contributed by atoms with van der Waals surface area (Å²) in [6.45, 7) is 7.26. The molecule has 0 unspecified atom stereocenters. The number of benzene rings is 1. The molecular formula is C15H25O4P. The summed E-state index contributed by atoms with van der Waals surface area (Å²) in [6.07, 6.45) is -0.0604. The Kier molecular flexibility index (Phi) is 6.90. The fourth-order valence-corrected chi connectivity index (χ4v) is 4.55. The van der Waals surface area contributed by atoms with E-state index in [2.05, 4.69) is 0 Å². The minimum Gasteiger partial charge on any atom is -0.396 e. The van der Waals surface area contributed by atoms with E-state index in [1.54, 1.807) is 0 Å². The van der Waals surface area contributed by atoms with Crippen molar-refractivity contribution in [2.75, 3.05) is 6.61 Å². The summed E-state index contributed by atoms with van der Waals surface area (Å²) in [6, 6.07) is 9.45. The van der Waals surface area contributed by atoms with Gasteiger partial charge in [0.05, 0.1) is 17.9 Å². The molecule has 1 aromatic rings. The van der Waals surface area contributed by atoms with Gasteiger partial charge in [0.1, 0.15) is 0 Å². The zero-order chi connectivity index (χ0) is 15.2. The quantitative estimate of drug-likeness (QED) is 0.733. The molecule has 20 heavy (non-hydrogen) atoms. The van der Waals surface area contributed by atoms with Crippen LogP contribution in [0.25, 0.3) is 0 Å². The Bertz CT molecular complexity index is 417. The monoisotopic (exact) mass is 300 g/mol. The molecule has 0 radical (unpaired) electrons. The molecule has 0 aromatic heterocycles. The van der Waals surface area contributed by atoms with Gasteiger partial charge in [-0.1, -0.05) is 30.3 Å². The predicted molar refractivity (Wildman–Crippen MR) is 80.9 cm³/mol. The number of aliphatic hydroxyl groups excluding tert-OH is 1. The first kappa shape index (κ1) is 17.4. The summed E-state index contributed by atoms with van der Waals surface area (Å²) in [5.41, 5.74) is 0.421. The minimum atomic E-state index is -3.34. The number of hydrogen-bond donors (Lipinski definition) is 1. The molecule has 0 saturated heterocycles. The van der Waals surface area contributed by atoms with Crippen LogP contribution in [0.1, 0.15) is 45.3 Å². The minimum absolute atomic E-state index is 0.0630. The Hall–Kier alpha value is -0.670. The van der Waals surface area contributed by atoms with Gasteiger partial charge in [0.15, 0.2) is 0 Å². The molecule has 0 bridgehead atoms. The molecular weight excluding hydrogens is 275 g/mol. The van der Waals surface area contributed by atoms with Gasteiger partial charge in [0.2, 0.25) is 0 Å². The molecule has 0 spiro atoms. The highest BCUT2D eigenvalue weighted by molar-refractivity contribution is 7.54. The van der Waals surface area contributed by atoms with Crippen LogP contribution in [0, 0.1) is 0 Å². The molecule has 1 aromatic carbocycles. The predicted octanol–water partition coefficient (Wildman–Crippen LogP) is 4.15. The third-order valence-corrected chi connectivity index (χ3v) is 5.43. The van der Waals surface area contributed by atoms with Gasteiger partial charge in [-0.2, -0.15) is 0 Å². The summed E-state index contributed by atoms with van der Waals surface area (Å²) >= 11 is 0. The molecule has 1 N–H and O–H groups in total. The zero-order valence-corrected chi connectivity index (χ0v) is 13.5. The third kappa shape index (κ3) is 5.02. The van der Waals surface area contributed by atoms with Gasteiger partial charge >= 0.3 is 7.60 Å². The average Bonchev–Trinajstić information content (AvgIpc) is 2.34. The van der Waals surface area contributed by atoms with Gasteiger partial charge < -0.3 is 14.2 Å². The van der Waals surface area contributed by atoms with Gasteiger partial charge in [-0.3, -0.25) is 4.57 Å². The lowest BCUT2D eigenvalue weighted by atomic mass is 10.1. The van der Waals surface area contributed by atoms with Gasteiger partial charge in [-0.15, -0.1) is 0 Å². The molecule has 114 valence electrons. The topological polar surface area (TPSA) is 55.8 Å². The summed E-state index contributed by atoms with van der Waals surface area (Å²) in [5, 5.41) is 9.30.